The molecule has 0 saturated carbocycles. The van der Waals surface area contributed by atoms with Crippen molar-refractivity contribution in [3.05, 3.63) is 100 Å². The van der Waals surface area contributed by atoms with Crippen LogP contribution in [0.25, 0.3) is 0 Å². The van der Waals surface area contributed by atoms with Crippen LogP contribution in [0.15, 0.2) is 83.3 Å². The van der Waals surface area contributed by atoms with E-state index >= 15 is 0 Å². The lowest BCUT2D eigenvalue weighted by Crippen LogP contribution is -2.00. The molecule has 0 heterocycles. The fraction of sp³-hybridized carbons (Fsp3) is 0.100. The van der Waals surface area contributed by atoms with E-state index < -0.39 is 0 Å². The predicted molar refractivity (Wildman–Crippen MR) is 94.2 cm³/mol. The van der Waals surface area contributed by atoms with E-state index in [4.69, 9.17) is 4.74 Å². The molecule has 0 saturated heterocycles. The fourth-order valence-electron chi connectivity index (χ4n) is 2.38. The Balaban J connectivity index is 1.75. The van der Waals surface area contributed by atoms with Crippen LogP contribution in [0.3, 0.4) is 0 Å². The quantitative estimate of drug-likeness (QED) is 0.579. The Hall–Kier alpha value is -2.06. The normalized spacial score (nSPS) is 10.4. The average molecular weight is 353 g/mol. The number of hydrogen-bond donors (Lipinski definition) is 0. The Morgan fingerprint density at radius 3 is 2.09 bits per heavy atom. The summed E-state index contributed by atoms with van der Waals surface area (Å²) < 4.78 is 7.13. The molecule has 3 aromatic carbocycles. The number of rotatable bonds is 5. The first-order valence-electron chi connectivity index (χ1n) is 7.31. The molecule has 110 valence electrons. The van der Waals surface area contributed by atoms with E-state index in [0.717, 1.165) is 22.2 Å². The topological polar surface area (TPSA) is 9.23 Å². The van der Waals surface area contributed by atoms with Crippen molar-refractivity contribution in [1.29, 1.82) is 0 Å². The molecule has 22 heavy (non-hydrogen) atoms. The molecule has 3 rings (SSSR count). The van der Waals surface area contributed by atoms with Gasteiger partial charge < -0.3 is 4.74 Å². The van der Waals surface area contributed by atoms with E-state index in [1.165, 1.54) is 11.1 Å². The Morgan fingerprint density at radius 1 is 0.682 bits per heavy atom. The first-order chi connectivity index (χ1) is 10.8. The fourth-order valence-corrected chi connectivity index (χ4v) is 2.78. The Morgan fingerprint density at radius 2 is 1.32 bits per heavy atom. The van der Waals surface area contributed by atoms with Crippen molar-refractivity contribution in [2.45, 2.75) is 13.0 Å². The Labute approximate surface area is 139 Å². The first-order valence-corrected chi connectivity index (χ1v) is 8.10. The highest BCUT2D eigenvalue weighted by molar-refractivity contribution is 9.10. The minimum absolute atomic E-state index is 0.563. The van der Waals surface area contributed by atoms with Crippen molar-refractivity contribution in [1.82, 2.24) is 0 Å². The van der Waals surface area contributed by atoms with Crippen LogP contribution in [0.2, 0.25) is 0 Å². The molecule has 0 bridgehead atoms. The van der Waals surface area contributed by atoms with Gasteiger partial charge in [-0.3, -0.25) is 0 Å². The highest BCUT2D eigenvalue weighted by atomic mass is 79.9. The van der Waals surface area contributed by atoms with Crippen LogP contribution in [-0.4, -0.2) is 0 Å². The van der Waals surface area contributed by atoms with Gasteiger partial charge >= 0.3 is 0 Å². The van der Waals surface area contributed by atoms with E-state index in [2.05, 4.69) is 58.4 Å². The summed E-state index contributed by atoms with van der Waals surface area (Å²) in [7, 11) is 0. The van der Waals surface area contributed by atoms with Crippen LogP contribution >= 0.6 is 15.9 Å². The van der Waals surface area contributed by atoms with Crippen molar-refractivity contribution in [2.24, 2.45) is 0 Å². The predicted octanol–water partition coefficient (Wildman–Crippen LogP) is 5.62. The molecule has 0 radical (unpaired) electrons. The van der Waals surface area contributed by atoms with Crippen molar-refractivity contribution in [2.75, 3.05) is 0 Å². The van der Waals surface area contributed by atoms with Gasteiger partial charge in [-0.15, -0.1) is 0 Å². The highest BCUT2D eigenvalue weighted by Gasteiger charge is 2.06. The zero-order chi connectivity index (χ0) is 15.2. The summed E-state index contributed by atoms with van der Waals surface area (Å²) in [6.45, 7) is 0.563. The van der Waals surface area contributed by atoms with Crippen molar-refractivity contribution >= 4 is 15.9 Å². The molecule has 0 N–H and O–H groups in total. The van der Waals surface area contributed by atoms with Gasteiger partial charge in [0, 0.05) is 16.5 Å². The summed E-state index contributed by atoms with van der Waals surface area (Å²) in [5.74, 6) is 0.946. The van der Waals surface area contributed by atoms with Crippen LogP contribution in [0, 0.1) is 0 Å². The molecular formula is C20H17BrO. The van der Waals surface area contributed by atoms with Gasteiger partial charge in [-0.25, -0.2) is 0 Å². The Kier molecular flexibility index (Phi) is 4.92. The summed E-state index contributed by atoms with van der Waals surface area (Å²) in [4.78, 5) is 0. The molecule has 3 aromatic rings. The third-order valence-electron chi connectivity index (χ3n) is 3.55. The highest BCUT2D eigenvalue weighted by Crippen LogP contribution is 2.24. The monoisotopic (exact) mass is 352 g/mol. The number of benzene rings is 3. The molecule has 0 aromatic heterocycles. The summed E-state index contributed by atoms with van der Waals surface area (Å²) in [6.07, 6.45) is 0.882. The van der Waals surface area contributed by atoms with Gasteiger partial charge in [0.15, 0.2) is 0 Å². The van der Waals surface area contributed by atoms with Gasteiger partial charge in [0.2, 0.25) is 0 Å². The zero-order valence-electron chi connectivity index (χ0n) is 12.2. The number of para-hydroxylation sites is 1. The summed E-state index contributed by atoms with van der Waals surface area (Å²) >= 11 is 3.56. The van der Waals surface area contributed by atoms with E-state index in [9.17, 15) is 0 Å². The maximum Gasteiger partial charge on any atom is 0.123 e. The van der Waals surface area contributed by atoms with Crippen molar-refractivity contribution in [3.8, 4) is 5.75 Å². The number of halogens is 1. The number of hydrogen-bond acceptors (Lipinski definition) is 1. The second-order valence-electron chi connectivity index (χ2n) is 5.15. The maximum atomic E-state index is 6.05. The van der Waals surface area contributed by atoms with Gasteiger partial charge in [0.25, 0.3) is 0 Å². The van der Waals surface area contributed by atoms with Gasteiger partial charge in [-0.2, -0.15) is 0 Å². The van der Waals surface area contributed by atoms with Crippen LogP contribution in [0.4, 0.5) is 0 Å². The third-order valence-corrected chi connectivity index (χ3v) is 4.32. The minimum Gasteiger partial charge on any atom is -0.489 e. The first kappa shape index (κ1) is 14.9. The lowest BCUT2D eigenvalue weighted by molar-refractivity contribution is 0.302. The molecule has 0 spiro atoms. The summed E-state index contributed by atoms with van der Waals surface area (Å²) in [5.41, 5.74) is 3.65. The third kappa shape index (κ3) is 3.77. The van der Waals surface area contributed by atoms with Gasteiger partial charge in [0.05, 0.1) is 0 Å². The van der Waals surface area contributed by atoms with Gasteiger partial charge in [-0.1, -0.05) is 82.7 Å². The van der Waals surface area contributed by atoms with Crippen LogP contribution in [0.5, 0.6) is 5.75 Å². The van der Waals surface area contributed by atoms with E-state index in [1.54, 1.807) is 0 Å². The second-order valence-corrected chi connectivity index (χ2v) is 6.00. The molecule has 0 unspecified atom stereocenters. The molecular weight excluding hydrogens is 336 g/mol. The minimum atomic E-state index is 0.563. The smallest absolute Gasteiger partial charge is 0.123 e. The lowest BCUT2D eigenvalue weighted by Gasteiger charge is -2.12. The number of ether oxygens (including phenoxy) is 1. The van der Waals surface area contributed by atoms with Crippen molar-refractivity contribution in [3.63, 3.8) is 0 Å². The SMILES string of the molecule is Brc1ccccc1COc1ccccc1Cc1ccccc1. The van der Waals surface area contributed by atoms with Crippen LogP contribution < -0.4 is 4.74 Å². The molecule has 1 nitrogen and oxygen atoms in total. The Bertz CT molecular complexity index is 737. The molecule has 0 amide bonds. The standard InChI is InChI=1S/C20H17BrO/c21-19-12-6-4-11-18(19)15-22-20-13-7-5-10-17(20)14-16-8-2-1-3-9-16/h1-13H,14-15H2. The molecule has 0 fully saturated rings. The molecule has 2 heteroatoms. The van der Waals surface area contributed by atoms with E-state index in [0.29, 0.717) is 6.61 Å². The van der Waals surface area contributed by atoms with Gasteiger partial charge in [-0.05, 0) is 23.3 Å². The molecule has 0 aliphatic carbocycles. The largest absolute Gasteiger partial charge is 0.489 e. The lowest BCUT2D eigenvalue weighted by atomic mass is 10.0. The average Bonchev–Trinajstić information content (AvgIpc) is 2.56. The maximum absolute atomic E-state index is 6.05. The summed E-state index contributed by atoms with van der Waals surface area (Å²) in [5, 5.41) is 0. The van der Waals surface area contributed by atoms with E-state index in [1.807, 2.05) is 36.4 Å². The van der Waals surface area contributed by atoms with Crippen LogP contribution in [0.1, 0.15) is 16.7 Å². The van der Waals surface area contributed by atoms with Crippen molar-refractivity contribution < 1.29 is 4.74 Å². The molecule has 0 atom stereocenters. The van der Waals surface area contributed by atoms with Gasteiger partial charge in [0.1, 0.15) is 12.4 Å². The van der Waals surface area contributed by atoms with E-state index in [-0.39, 0.29) is 0 Å². The summed E-state index contributed by atoms with van der Waals surface area (Å²) in [6, 6.07) is 26.9. The second kappa shape index (κ2) is 7.28. The molecule has 0 aliphatic heterocycles. The molecule has 0 aliphatic rings. The zero-order valence-corrected chi connectivity index (χ0v) is 13.8. The van der Waals surface area contributed by atoms with Crippen LogP contribution in [-0.2, 0) is 13.0 Å².